The maximum absolute atomic E-state index is 13.3. The lowest BCUT2D eigenvalue weighted by Gasteiger charge is -2.36. The molecule has 11 heteroatoms. The van der Waals surface area contributed by atoms with Crippen molar-refractivity contribution in [3.63, 3.8) is 0 Å². The number of H-pyrrole nitrogens is 1. The quantitative estimate of drug-likeness (QED) is 0.321. The van der Waals surface area contributed by atoms with Gasteiger partial charge < -0.3 is 10.6 Å². The van der Waals surface area contributed by atoms with Gasteiger partial charge in [-0.3, -0.25) is 9.89 Å². The number of halogens is 1. The van der Waals surface area contributed by atoms with E-state index in [4.69, 9.17) is 9.97 Å². The minimum atomic E-state index is -0.470. The van der Waals surface area contributed by atoms with Crippen LogP contribution in [0.5, 0.6) is 0 Å². The summed E-state index contributed by atoms with van der Waals surface area (Å²) in [6, 6.07) is 7.25. The number of rotatable bonds is 7. The summed E-state index contributed by atoms with van der Waals surface area (Å²) in [7, 11) is 0. The van der Waals surface area contributed by atoms with Crippen LogP contribution in [0.15, 0.2) is 42.9 Å². The Bertz CT molecular complexity index is 1420. The SMILES string of the molecule is Cc1cc(Nc2cc(C)[nH]n2)nc([C@H]2CC[C@](C)(C(=O)N[C@@H](C)c3ccc(-n4cc(F)cn4)nc3)CC2)n1. The van der Waals surface area contributed by atoms with Crippen LogP contribution in [0.4, 0.5) is 16.0 Å². The third kappa shape index (κ3) is 5.56. The van der Waals surface area contributed by atoms with E-state index < -0.39 is 11.2 Å². The zero-order valence-corrected chi connectivity index (χ0v) is 22.0. The van der Waals surface area contributed by atoms with Crippen molar-refractivity contribution >= 4 is 17.5 Å². The van der Waals surface area contributed by atoms with E-state index in [0.717, 1.165) is 60.5 Å². The van der Waals surface area contributed by atoms with Crippen LogP contribution in [-0.4, -0.2) is 40.8 Å². The first-order valence-electron chi connectivity index (χ1n) is 12.8. The lowest BCUT2D eigenvalue weighted by molar-refractivity contribution is -0.132. The highest BCUT2D eigenvalue weighted by Gasteiger charge is 2.39. The summed E-state index contributed by atoms with van der Waals surface area (Å²) < 4.78 is 14.6. The number of pyridine rings is 1. The van der Waals surface area contributed by atoms with Crippen molar-refractivity contribution < 1.29 is 9.18 Å². The summed E-state index contributed by atoms with van der Waals surface area (Å²) >= 11 is 0. The van der Waals surface area contributed by atoms with E-state index in [1.54, 1.807) is 12.3 Å². The molecular formula is C27H32FN9O. The number of hydrogen-bond donors (Lipinski definition) is 3. The van der Waals surface area contributed by atoms with Crippen LogP contribution in [0.2, 0.25) is 0 Å². The highest BCUT2D eigenvalue weighted by Crippen LogP contribution is 2.42. The first-order valence-corrected chi connectivity index (χ1v) is 12.8. The van der Waals surface area contributed by atoms with E-state index in [1.807, 2.05) is 45.9 Å². The van der Waals surface area contributed by atoms with Crippen molar-refractivity contribution in [3.05, 3.63) is 71.4 Å². The number of carbonyl (C=O) groups excluding carboxylic acids is 1. The molecule has 1 aliphatic carbocycles. The van der Waals surface area contributed by atoms with Crippen molar-refractivity contribution in [1.29, 1.82) is 0 Å². The molecule has 1 atom stereocenters. The highest BCUT2D eigenvalue weighted by atomic mass is 19.1. The van der Waals surface area contributed by atoms with Crippen molar-refractivity contribution in [3.8, 4) is 5.82 Å². The molecule has 38 heavy (non-hydrogen) atoms. The first-order chi connectivity index (χ1) is 18.2. The summed E-state index contributed by atoms with van der Waals surface area (Å²) in [5.41, 5.74) is 2.26. The van der Waals surface area contributed by atoms with Gasteiger partial charge in [-0.05, 0) is 58.1 Å². The van der Waals surface area contributed by atoms with Crippen LogP contribution >= 0.6 is 0 Å². The van der Waals surface area contributed by atoms with E-state index in [-0.39, 0.29) is 17.9 Å². The molecule has 3 N–H and O–H groups in total. The third-order valence-corrected chi connectivity index (χ3v) is 7.24. The second-order valence-corrected chi connectivity index (χ2v) is 10.4. The van der Waals surface area contributed by atoms with Crippen molar-refractivity contribution in [2.75, 3.05) is 5.32 Å². The predicted octanol–water partition coefficient (Wildman–Crippen LogP) is 4.82. The minimum Gasteiger partial charge on any atom is -0.349 e. The molecule has 0 spiro atoms. The fraction of sp³-hybridized carbons (Fsp3) is 0.407. The number of nitrogens with one attached hydrogen (secondary N) is 3. The molecule has 1 saturated carbocycles. The Kier molecular flexibility index (Phi) is 6.92. The number of amides is 1. The van der Waals surface area contributed by atoms with Gasteiger partial charge in [-0.15, -0.1) is 0 Å². The van der Waals surface area contributed by atoms with E-state index in [9.17, 15) is 9.18 Å². The number of carbonyl (C=O) groups is 1. The molecule has 4 aromatic rings. The summed E-state index contributed by atoms with van der Waals surface area (Å²) in [5, 5.41) is 17.5. The zero-order chi connectivity index (χ0) is 26.9. The Hall–Kier alpha value is -4.15. The van der Waals surface area contributed by atoms with Gasteiger partial charge in [0.2, 0.25) is 5.91 Å². The summed E-state index contributed by atoms with van der Waals surface area (Å²) in [5.74, 6) is 2.55. The van der Waals surface area contributed by atoms with E-state index in [2.05, 4.69) is 30.9 Å². The Morgan fingerprint density at radius 2 is 1.95 bits per heavy atom. The molecule has 4 heterocycles. The monoisotopic (exact) mass is 517 g/mol. The zero-order valence-electron chi connectivity index (χ0n) is 22.0. The minimum absolute atomic E-state index is 0.0306. The first kappa shape index (κ1) is 25.5. The van der Waals surface area contributed by atoms with E-state index >= 15 is 0 Å². The maximum Gasteiger partial charge on any atom is 0.226 e. The molecule has 10 nitrogen and oxygen atoms in total. The van der Waals surface area contributed by atoms with Crippen molar-refractivity contribution in [2.45, 2.75) is 65.3 Å². The van der Waals surface area contributed by atoms with Gasteiger partial charge in [0.25, 0.3) is 0 Å². The van der Waals surface area contributed by atoms with Gasteiger partial charge in [-0.2, -0.15) is 10.2 Å². The molecule has 0 aliphatic heterocycles. The van der Waals surface area contributed by atoms with Crippen LogP contribution in [0.1, 0.15) is 74.3 Å². The van der Waals surface area contributed by atoms with Crippen LogP contribution in [-0.2, 0) is 4.79 Å². The predicted molar refractivity (Wildman–Crippen MR) is 141 cm³/mol. The maximum atomic E-state index is 13.3. The van der Waals surface area contributed by atoms with Gasteiger partial charge in [-0.25, -0.2) is 24.0 Å². The fourth-order valence-corrected chi connectivity index (χ4v) is 4.86. The molecule has 1 aliphatic rings. The molecular weight excluding hydrogens is 485 g/mol. The molecule has 0 unspecified atom stereocenters. The second-order valence-electron chi connectivity index (χ2n) is 10.4. The molecule has 4 aromatic heterocycles. The van der Waals surface area contributed by atoms with Gasteiger partial charge in [0.1, 0.15) is 11.6 Å². The van der Waals surface area contributed by atoms with Gasteiger partial charge >= 0.3 is 0 Å². The number of aromatic amines is 1. The number of aromatic nitrogens is 7. The molecule has 5 rings (SSSR count). The average molecular weight is 518 g/mol. The fourth-order valence-electron chi connectivity index (χ4n) is 4.86. The topological polar surface area (TPSA) is 126 Å². The second kappa shape index (κ2) is 10.3. The highest BCUT2D eigenvalue weighted by molar-refractivity contribution is 5.82. The normalized spacial score (nSPS) is 20.2. The smallest absolute Gasteiger partial charge is 0.226 e. The molecule has 1 fully saturated rings. The summed E-state index contributed by atoms with van der Waals surface area (Å²) in [6.45, 7) is 7.88. The van der Waals surface area contributed by atoms with Gasteiger partial charge in [0, 0.05) is 41.1 Å². The van der Waals surface area contributed by atoms with Gasteiger partial charge in [-0.1, -0.05) is 13.0 Å². The Balaban J connectivity index is 1.19. The lowest BCUT2D eigenvalue weighted by Crippen LogP contribution is -2.42. The Morgan fingerprint density at radius 3 is 2.58 bits per heavy atom. The van der Waals surface area contributed by atoms with Gasteiger partial charge in [0.15, 0.2) is 17.5 Å². The van der Waals surface area contributed by atoms with Crippen LogP contribution < -0.4 is 10.6 Å². The van der Waals surface area contributed by atoms with Crippen LogP contribution in [0.25, 0.3) is 5.82 Å². The number of nitrogens with zero attached hydrogens (tertiary/aromatic N) is 6. The van der Waals surface area contributed by atoms with Crippen molar-refractivity contribution in [2.24, 2.45) is 5.41 Å². The lowest BCUT2D eigenvalue weighted by atomic mass is 9.70. The molecule has 0 bridgehead atoms. The molecule has 0 radical (unpaired) electrons. The van der Waals surface area contributed by atoms with Crippen molar-refractivity contribution in [1.82, 2.24) is 40.2 Å². The molecule has 1 amide bonds. The van der Waals surface area contributed by atoms with Crippen LogP contribution in [0.3, 0.4) is 0 Å². The number of aryl methyl sites for hydroxylation is 2. The Morgan fingerprint density at radius 1 is 1.16 bits per heavy atom. The summed E-state index contributed by atoms with van der Waals surface area (Å²) in [4.78, 5) is 27.1. The van der Waals surface area contributed by atoms with E-state index in [0.29, 0.717) is 11.6 Å². The number of hydrogen-bond acceptors (Lipinski definition) is 7. The number of anilines is 2. The Labute approximate surface area is 220 Å². The molecule has 0 aromatic carbocycles. The largest absolute Gasteiger partial charge is 0.349 e. The molecule has 0 saturated heterocycles. The van der Waals surface area contributed by atoms with E-state index in [1.165, 1.54) is 10.9 Å². The standard InChI is InChI=1S/C27H32FN9O/c1-16-11-22(33-23-12-17(2)35-36-23)34-25(31-16)19-7-9-27(4,10-8-19)26(38)32-18(3)20-5-6-24(29-13-20)37-15-21(28)14-30-37/h5-6,11-15,18-19H,7-10H2,1-4H3,(H,32,38)(H2,31,33,34,35,36)/t18-,19-,27-/m0/s1. The third-order valence-electron chi connectivity index (χ3n) is 7.24. The van der Waals surface area contributed by atoms with Crippen LogP contribution in [0, 0.1) is 25.1 Å². The van der Waals surface area contributed by atoms with Gasteiger partial charge in [0.05, 0.1) is 18.4 Å². The molecule has 198 valence electrons. The summed E-state index contributed by atoms with van der Waals surface area (Å²) in [6.07, 6.45) is 7.25. The average Bonchev–Trinajstić information content (AvgIpc) is 3.51.